The maximum Gasteiger partial charge on any atom is 0.407 e. The van der Waals surface area contributed by atoms with Crippen LogP contribution in [0, 0.1) is 12.3 Å². The van der Waals surface area contributed by atoms with Crippen LogP contribution in [0.5, 0.6) is 5.75 Å². The second-order valence-electron chi connectivity index (χ2n) is 13.0. The topological polar surface area (TPSA) is 153 Å². The Morgan fingerprint density at radius 2 is 1.57 bits per heavy atom. The van der Waals surface area contributed by atoms with Crippen molar-refractivity contribution < 1.29 is 29.3 Å². The van der Waals surface area contributed by atoms with Gasteiger partial charge in [0.15, 0.2) is 0 Å². The fourth-order valence-corrected chi connectivity index (χ4v) is 5.38. The number of aromatic hydroxyl groups is 1. The molecule has 11 heteroatoms. The number of aliphatic hydroxyl groups is 1. The first-order chi connectivity index (χ1) is 23.3. The molecule has 1 heterocycles. The molecule has 0 saturated carbocycles. The summed E-state index contributed by atoms with van der Waals surface area (Å²) in [6.45, 7) is 7.21. The lowest BCUT2D eigenvalue weighted by atomic mass is 9.86. The number of hydrazine groups is 1. The summed E-state index contributed by atoms with van der Waals surface area (Å²) in [7, 11) is 1.23. The zero-order chi connectivity index (χ0) is 35.6. The van der Waals surface area contributed by atoms with E-state index in [1.807, 2.05) is 93.6 Å². The summed E-state index contributed by atoms with van der Waals surface area (Å²) in [6.07, 6.45) is 0.0967. The molecule has 4 aromatic rings. The van der Waals surface area contributed by atoms with Crippen LogP contribution in [0.25, 0.3) is 11.3 Å². The minimum Gasteiger partial charge on any atom is -0.508 e. The second-order valence-corrected chi connectivity index (χ2v) is 13.0. The van der Waals surface area contributed by atoms with Gasteiger partial charge in [0.2, 0.25) is 0 Å². The monoisotopic (exact) mass is 667 g/mol. The Bertz CT molecular complexity index is 1690. The van der Waals surface area contributed by atoms with Crippen molar-refractivity contribution in [3.8, 4) is 17.0 Å². The van der Waals surface area contributed by atoms with E-state index in [1.54, 1.807) is 30.3 Å². The van der Waals surface area contributed by atoms with Crippen LogP contribution in [0.1, 0.15) is 47.8 Å². The fourth-order valence-electron chi connectivity index (χ4n) is 5.38. The summed E-state index contributed by atoms with van der Waals surface area (Å²) >= 11 is 0. The number of rotatable bonds is 13. The summed E-state index contributed by atoms with van der Waals surface area (Å²) in [5.74, 6) is -0.969. The summed E-state index contributed by atoms with van der Waals surface area (Å²) in [6, 6.07) is 25.8. The van der Waals surface area contributed by atoms with Crippen LogP contribution in [0.15, 0.2) is 97.2 Å². The molecule has 5 N–H and O–H groups in total. The van der Waals surface area contributed by atoms with Crippen LogP contribution in [0.3, 0.4) is 0 Å². The molecule has 11 nitrogen and oxygen atoms in total. The third-order valence-corrected chi connectivity index (χ3v) is 8.17. The molecule has 0 spiro atoms. The van der Waals surface area contributed by atoms with Gasteiger partial charge in [-0.3, -0.25) is 20.0 Å². The first-order valence-electron chi connectivity index (χ1n) is 16.1. The lowest BCUT2D eigenvalue weighted by Crippen LogP contribution is -2.59. The van der Waals surface area contributed by atoms with Gasteiger partial charge in [-0.2, -0.15) is 0 Å². The fraction of sp³-hybridized carbons (Fsp3) is 0.316. The van der Waals surface area contributed by atoms with E-state index in [1.165, 1.54) is 13.2 Å². The quantitative estimate of drug-likeness (QED) is 0.128. The van der Waals surface area contributed by atoms with E-state index < -0.39 is 41.5 Å². The largest absolute Gasteiger partial charge is 0.508 e. The molecular formula is C38H45N5O6. The molecule has 3 atom stereocenters. The minimum atomic E-state index is -1.17. The molecule has 0 radical (unpaired) electrons. The third-order valence-electron chi connectivity index (χ3n) is 8.17. The summed E-state index contributed by atoms with van der Waals surface area (Å²) in [5, 5.41) is 29.1. The second kappa shape index (κ2) is 16.7. The number of phenolic OH excluding ortho intramolecular Hbond substituents is 1. The molecule has 0 aliphatic carbocycles. The van der Waals surface area contributed by atoms with Crippen molar-refractivity contribution in [3.63, 3.8) is 0 Å². The standard InChI is InChI=1S/C38H45N5O6/c1-25-29(14-11-16-32(25)44)35(46)40-31(22-26-12-7-6-8-13-26)33(45)24-43(42-36(47)34(38(2,3)4)41-37(48)49-5)23-27-17-19-28(20-18-27)30-15-9-10-21-39-30/h6-21,31,33-34,44-45H,22-24H2,1-5H3,(H,40,46)(H,41,48)(H,42,47). The van der Waals surface area contributed by atoms with E-state index in [0.717, 1.165) is 22.4 Å². The maximum atomic E-state index is 13.7. The maximum absolute atomic E-state index is 13.7. The molecule has 3 aromatic carbocycles. The Morgan fingerprint density at radius 1 is 0.878 bits per heavy atom. The lowest BCUT2D eigenvalue weighted by Gasteiger charge is -2.34. The normalized spacial score (nSPS) is 13.2. The van der Waals surface area contributed by atoms with Gasteiger partial charge in [0.1, 0.15) is 11.8 Å². The molecule has 49 heavy (non-hydrogen) atoms. The first kappa shape index (κ1) is 36.6. The number of carbonyl (C=O) groups excluding carboxylic acids is 3. The van der Waals surface area contributed by atoms with E-state index >= 15 is 0 Å². The van der Waals surface area contributed by atoms with Gasteiger partial charge < -0.3 is 25.6 Å². The molecule has 0 aliphatic heterocycles. The summed E-state index contributed by atoms with van der Waals surface area (Å²) < 4.78 is 4.77. The predicted molar refractivity (Wildman–Crippen MR) is 187 cm³/mol. The van der Waals surface area contributed by atoms with Crippen LogP contribution in [-0.2, 0) is 22.5 Å². The minimum absolute atomic E-state index is 0.00951. The highest BCUT2D eigenvalue weighted by atomic mass is 16.5. The van der Waals surface area contributed by atoms with Gasteiger partial charge in [0.05, 0.1) is 24.9 Å². The molecule has 3 amide bonds. The van der Waals surface area contributed by atoms with Crippen molar-refractivity contribution in [3.05, 3.63) is 119 Å². The van der Waals surface area contributed by atoms with Gasteiger partial charge in [0.25, 0.3) is 11.8 Å². The summed E-state index contributed by atoms with van der Waals surface area (Å²) in [5.41, 5.74) is 6.38. The van der Waals surface area contributed by atoms with Crippen molar-refractivity contribution in [2.75, 3.05) is 13.7 Å². The molecule has 3 unspecified atom stereocenters. The number of nitrogens with zero attached hydrogens (tertiary/aromatic N) is 2. The van der Waals surface area contributed by atoms with Gasteiger partial charge in [-0.15, -0.1) is 0 Å². The number of hydrogen-bond acceptors (Lipinski definition) is 8. The zero-order valence-corrected chi connectivity index (χ0v) is 28.5. The Hall–Kier alpha value is -5.26. The molecule has 1 aromatic heterocycles. The number of methoxy groups -OCH3 is 1. The highest BCUT2D eigenvalue weighted by Gasteiger charge is 2.35. The SMILES string of the molecule is COC(=O)NC(C(=O)NN(Cc1ccc(-c2ccccn2)cc1)CC(O)C(Cc1ccccc1)NC(=O)c1cccc(O)c1C)C(C)(C)C. The van der Waals surface area contributed by atoms with Crippen LogP contribution in [-0.4, -0.2) is 70.0 Å². The molecular weight excluding hydrogens is 622 g/mol. The van der Waals surface area contributed by atoms with E-state index in [0.29, 0.717) is 12.0 Å². The van der Waals surface area contributed by atoms with Crippen LogP contribution >= 0.6 is 0 Å². The van der Waals surface area contributed by atoms with Gasteiger partial charge in [0, 0.05) is 36.0 Å². The number of ether oxygens (including phenoxy) is 1. The number of amides is 3. The number of carbonyl (C=O) groups is 3. The van der Waals surface area contributed by atoms with E-state index in [2.05, 4.69) is 21.0 Å². The number of aromatic nitrogens is 1. The van der Waals surface area contributed by atoms with Gasteiger partial charge in [-0.1, -0.05) is 87.5 Å². The molecule has 0 aliphatic rings. The Kier molecular flexibility index (Phi) is 12.5. The van der Waals surface area contributed by atoms with E-state index in [-0.39, 0.29) is 24.4 Å². The number of phenols is 1. The number of benzene rings is 3. The third kappa shape index (κ3) is 10.4. The average molecular weight is 668 g/mol. The van der Waals surface area contributed by atoms with Crippen LogP contribution < -0.4 is 16.1 Å². The Balaban J connectivity index is 1.63. The lowest BCUT2D eigenvalue weighted by molar-refractivity contribution is -0.131. The van der Waals surface area contributed by atoms with Crippen molar-refractivity contribution >= 4 is 17.9 Å². The Morgan fingerprint density at radius 3 is 2.20 bits per heavy atom. The van der Waals surface area contributed by atoms with Crippen molar-refractivity contribution in [1.29, 1.82) is 0 Å². The first-order valence-corrected chi connectivity index (χ1v) is 16.1. The average Bonchev–Trinajstić information content (AvgIpc) is 3.08. The zero-order valence-electron chi connectivity index (χ0n) is 28.5. The van der Waals surface area contributed by atoms with Crippen molar-refractivity contribution in [2.24, 2.45) is 5.41 Å². The highest BCUT2D eigenvalue weighted by molar-refractivity contribution is 5.96. The number of alkyl carbamates (subject to hydrolysis) is 1. The predicted octanol–water partition coefficient (Wildman–Crippen LogP) is 4.77. The molecule has 0 saturated heterocycles. The highest BCUT2D eigenvalue weighted by Crippen LogP contribution is 2.22. The number of pyridine rings is 1. The van der Waals surface area contributed by atoms with Crippen LogP contribution in [0.4, 0.5) is 4.79 Å². The van der Waals surface area contributed by atoms with Crippen molar-refractivity contribution in [2.45, 2.75) is 58.8 Å². The van der Waals surface area contributed by atoms with Gasteiger partial charge >= 0.3 is 6.09 Å². The summed E-state index contributed by atoms with van der Waals surface area (Å²) in [4.78, 5) is 43.8. The number of nitrogens with one attached hydrogen (secondary N) is 3. The number of hydrogen-bond donors (Lipinski definition) is 5. The molecule has 0 bridgehead atoms. The number of aliphatic hydroxyl groups excluding tert-OH is 1. The van der Waals surface area contributed by atoms with Gasteiger partial charge in [-0.05, 0) is 54.2 Å². The van der Waals surface area contributed by atoms with E-state index in [9.17, 15) is 24.6 Å². The van der Waals surface area contributed by atoms with Gasteiger partial charge in [-0.25, -0.2) is 9.80 Å². The Labute approximate surface area is 287 Å². The molecule has 4 rings (SSSR count). The smallest absolute Gasteiger partial charge is 0.407 e. The van der Waals surface area contributed by atoms with E-state index in [4.69, 9.17) is 4.74 Å². The molecule has 258 valence electrons. The molecule has 0 fully saturated rings. The van der Waals surface area contributed by atoms with Crippen molar-refractivity contribution in [1.82, 2.24) is 26.1 Å². The van der Waals surface area contributed by atoms with Crippen LogP contribution in [0.2, 0.25) is 0 Å².